The van der Waals surface area contributed by atoms with E-state index in [-0.39, 0.29) is 18.0 Å². The molecule has 0 aliphatic carbocycles. The van der Waals surface area contributed by atoms with Crippen molar-refractivity contribution in [1.82, 2.24) is 0 Å². The summed E-state index contributed by atoms with van der Waals surface area (Å²) in [6.45, 7) is 0.264. The van der Waals surface area contributed by atoms with E-state index < -0.39 is 4.92 Å². The van der Waals surface area contributed by atoms with E-state index in [1.165, 1.54) is 7.11 Å². The molecule has 1 rings (SSSR count). The monoisotopic (exact) mass is 213 g/mol. The summed E-state index contributed by atoms with van der Waals surface area (Å²) in [5.41, 5.74) is 0.537. The van der Waals surface area contributed by atoms with Gasteiger partial charge < -0.3 is 9.16 Å². The summed E-state index contributed by atoms with van der Waals surface area (Å²) in [4.78, 5) is 10.3. The van der Waals surface area contributed by atoms with Gasteiger partial charge in [0.25, 0.3) is 0 Å². The fourth-order valence-corrected chi connectivity index (χ4v) is 1.52. The van der Waals surface area contributed by atoms with E-state index in [1.54, 1.807) is 18.2 Å². The molecular weight excluding hydrogens is 202 g/mol. The maximum atomic E-state index is 10.8. The molecule has 76 valence electrons. The van der Waals surface area contributed by atoms with E-state index in [0.717, 1.165) is 0 Å². The molecule has 0 unspecified atom stereocenters. The zero-order valence-electron chi connectivity index (χ0n) is 8.02. The molecule has 1 aromatic rings. The molecule has 0 aliphatic heterocycles. The van der Waals surface area contributed by atoms with Gasteiger partial charge in [-0.3, -0.25) is 10.1 Å². The lowest BCUT2D eigenvalue weighted by Gasteiger charge is -2.05. The second-order valence-electron chi connectivity index (χ2n) is 2.66. The van der Waals surface area contributed by atoms with Gasteiger partial charge >= 0.3 is 5.69 Å². The first-order valence-electron chi connectivity index (χ1n) is 4.00. The summed E-state index contributed by atoms with van der Waals surface area (Å²) in [6.07, 6.45) is 0. The van der Waals surface area contributed by atoms with Crippen LogP contribution in [0.5, 0.6) is 5.75 Å². The van der Waals surface area contributed by atoms with Crippen LogP contribution in [0.15, 0.2) is 18.2 Å². The molecule has 5 nitrogen and oxygen atoms in total. The fourth-order valence-electron chi connectivity index (χ4n) is 1.21. The molecule has 6 heteroatoms. The van der Waals surface area contributed by atoms with E-state index >= 15 is 0 Å². The number of nitrogens with zero attached hydrogens (tertiary/aromatic N) is 1. The molecule has 0 saturated heterocycles. The van der Waals surface area contributed by atoms with Gasteiger partial charge in [-0.05, 0) is 12.1 Å². The first kappa shape index (κ1) is 10.7. The normalized spacial score (nSPS) is 10.1. The Morgan fingerprint density at radius 3 is 2.79 bits per heavy atom. The Bertz CT molecular complexity index is 342. The molecule has 0 radical (unpaired) electrons. The van der Waals surface area contributed by atoms with Gasteiger partial charge in [-0.2, -0.15) is 0 Å². The van der Waals surface area contributed by atoms with E-state index in [0.29, 0.717) is 16.0 Å². The lowest BCUT2D eigenvalue weighted by Crippen LogP contribution is -2.00. The molecule has 1 aromatic carbocycles. The smallest absolute Gasteiger partial charge is 0.316 e. The Hall–Kier alpha value is -1.40. The van der Waals surface area contributed by atoms with Gasteiger partial charge in [-0.25, -0.2) is 0 Å². The van der Waals surface area contributed by atoms with Crippen molar-refractivity contribution >= 4 is 16.2 Å². The van der Waals surface area contributed by atoms with Crippen molar-refractivity contribution in [3.05, 3.63) is 33.9 Å². The summed E-state index contributed by atoms with van der Waals surface area (Å²) >= 11 is 0. The minimum Gasteiger partial charge on any atom is -0.490 e. The van der Waals surface area contributed by atoms with Gasteiger partial charge in [0.1, 0.15) is 10.5 Å². The first-order chi connectivity index (χ1) is 6.70. The van der Waals surface area contributed by atoms with E-state index in [4.69, 9.17) is 9.16 Å². The number of nitro groups is 1. The molecular formula is C8H11NO4Si. The van der Waals surface area contributed by atoms with Crippen molar-refractivity contribution in [3.63, 3.8) is 0 Å². The third kappa shape index (κ3) is 2.09. The molecule has 0 N–H and O–H groups in total. The van der Waals surface area contributed by atoms with Gasteiger partial charge in [0.05, 0.1) is 24.2 Å². The number of ether oxygens (including phenoxy) is 1. The molecule has 0 aliphatic rings. The molecule has 0 saturated carbocycles. The first-order valence-corrected chi connectivity index (χ1v) is 4.81. The highest BCUT2D eigenvalue weighted by molar-refractivity contribution is 5.97. The quantitative estimate of drug-likeness (QED) is 0.412. The Balaban J connectivity index is 3.20. The van der Waals surface area contributed by atoms with Crippen LogP contribution in [0.3, 0.4) is 0 Å². The van der Waals surface area contributed by atoms with Gasteiger partial charge in [-0.1, -0.05) is 6.07 Å². The van der Waals surface area contributed by atoms with Crippen LogP contribution < -0.4 is 4.74 Å². The maximum absolute atomic E-state index is 10.8. The van der Waals surface area contributed by atoms with Crippen LogP contribution in [-0.4, -0.2) is 22.5 Å². The Kier molecular flexibility index (Phi) is 3.61. The Morgan fingerprint density at radius 1 is 1.57 bits per heavy atom. The predicted octanol–water partition coefficient (Wildman–Crippen LogP) is 0.400. The second-order valence-corrected chi connectivity index (χ2v) is 3.24. The minimum atomic E-state index is -0.450. The zero-order valence-corrected chi connectivity index (χ0v) is 10.0. The highest BCUT2D eigenvalue weighted by atomic mass is 28.2. The van der Waals surface area contributed by atoms with E-state index in [2.05, 4.69) is 0 Å². The van der Waals surface area contributed by atoms with Crippen LogP contribution in [0, 0.1) is 10.1 Å². The number of methoxy groups -OCH3 is 1. The van der Waals surface area contributed by atoms with Crippen LogP contribution in [0.2, 0.25) is 0 Å². The Morgan fingerprint density at radius 2 is 2.29 bits per heavy atom. The van der Waals surface area contributed by atoms with Gasteiger partial charge in [0.2, 0.25) is 0 Å². The van der Waals surface area contributed by atoms with Crippen LogP contribution in [0.1, 0.15) is 5.56 Å². The summed E-state index contributed by atoms with van der Waals surface area (Å²) in [7, 11) is 1.96. The van der Waals surface area contributed by atoms with Gasteiger partial charge in [-0.15, -0.1) is 0 Å². The van der Waals surface area contributed by atoms with Crippen LogP contribution in [0.4, 0.5) is 5.69 Å². The van der Waals surface area contributed by atoms with E-state index in [1.807, 2.05) is 0 Å². The van der Waals surface area contributed by atoms with Crippen molar-refractivity contribution in [2.75, 3.05) is 7.11 Å². The summed E-state index contributed by atoms with van der Waals surface area (Å²) in [6, 6.07) is 4.94. The number of rotatable bonds is 4. The van der Waals surface area contributed by atoms with Crippen molar-refractivity contribution in [2.24, 2.45) is 0 Å². The lowest BCUT2D eigenvalue weighted by atomic mass is 10.2. The van der Waals surface area contributed by atoms with Crippen molar-refractivity contribution in [2.45, 2.75) is 6.61 Å². The highest BCUT2D eigenvalue weighted by Crippen LogP contribution is 2.30. The minimum absolute atomic E-state index is 0.00847. The van der Waals surface area contributed by atoms with Crippen molar-refractivity contribution in [1.29, 1.82) is 0 Å². The van der Waals surface area contributed by atoms with E-state index in [9.17, 15) is 10.1 Å². The third-order valence-corrected chi connectivity index (χ3v) is 2.07. The standard InChI is InChI=1S/C8H11NO4Si/c1-12-7-4-2-3-6(5-13-14)8(7)9(10)11/h2-4H,5H2,1,14H3. The average molecular weight is 213 g/mol. The highest BCUT2D eigenvalue weighted by Gasteiger charge is 2.19. The molecule has 0 spiro atoms. The third-order valence-electron chi connectivity index (χ3n) is 1.78. The number of para-hydroxylation sites is 1. The molecule has 0 aromatic heterocycles. The zero-order chi connectivity index (χ0) is 10.6. The number of hydrogen-bond donors (Lipinski definition) is 0. The average Bonchev–Trinajstić information content (AvgIpc) is 2.17. The molecule has 0 bridgehead atoms. The number of hydrogen-bond acceptors (Lipinski definition) is 4. The summed E-state index contributed by atoms with van der Waals surface area (Å²) < 4.78 is 9.90. The molecule has 0 heterocycles. The molecule has 0 amide bonds. The maximum Gasteiger partial charge on any atom is 0.316 e. The lowest BCUT2D eigenvalue weighted by molar-refractivity contribution is -0.386. The van der Waals surface area contributed by atoms with Crippen LogP contribution in [-0.2, 0) is 11.0 Å². The van der Waals surface area contributed by atoms with Crippen LogP contribution >= 0.6 is 0 Å². The van der Waals surface area contributed by atoms with Crippen molar-refractivity contribution < 1.29 is 14.1 Å². The topological polar surface area (TPSA) is 61.6 Å². The summed E-state index contributed by atoms with van der Waals surface area (Å²) in [5, 5.41) is 10.8. The van der Waals surface area contributed by atoms with Crippen LogP contribution in [0.25, 0.3) is 0 Å². The number of benzene rings is 1. The molecule has 0 atom stereocenters. The molecule has 14 heavy (non-hydrogen) atoms. The van der Waals surface area contributed by atoms with Crippen molar-refractivity contribution in [3.8, 4) is 5.75 Å². The Labute approximate surface area is 84.3 Å². The van der Waals surface area contributed by atoms with Gasteiger partial charge in [0, 0.05) is 0 Å². The summed E-state index contributed by atoms with van der Waals surface area (Å²) in [5.74, 6) is 0.270. The molecule has 0 fully saturated rings. The SMILES string of the molecule is COc1cccc(CO[SiH3])c1[N+](=O)[O-]. The van der Waals surface area contributed by atoms with Gasteiger partial charge in [0.15, 0.2) is 5.75 Å². The number of nitro benzene ring substituents is 1. The predicted molar refractivity (Wildman–Crippen MR) is 54.4 cm³/mol. The second kappa shape index (κ2) is 4.73. The largest absolute Gasteiger partial charge is 0.490 e. The fraction of sp³-hybridized carbons (Fsp3) is 0.250.